The molecule has 2 aromatic carbocycles. The van der Waals surface area contributed by atoms with Gasteiger partial charge in [0, 0.05) is 17.0 Å². The van der Waals surface area contributed by atoms with Crippen LogP contribution in [0.5, 0.6) is 0 Å². The summed E-state index contributed by atoms with van der Waals surface area (Å²) in [6, 6.07) is 14.7. The van der Waals surface area contributed by atoms with E-state index in [0.717, 1.165) is 22.7 Å². The van der Waals surface area contributed by atoms with Gasteiger partial charge in [-0.25, -0.2) is 4.98 Å². The summed E-state index contributed by atoms with van der Waals surface area (Å²) in [5, 5.41) is 1.34. The van der Waals surface area contributed by atoms with E-state index in [1.807, 2.05) is 34.9 Å². The van der Waals surface area contributed by atoms with E-state index in [1.54, 1.807) is 18.5 Å². The minimum absolute atomic E-state index is 0.364. The summed E-state index contributed by atoms with van der Waals surface area (Å²) in [7, 11) is 0. The maximum atomic E-state index is 13.0. The van der Waals surface area contributed by atoms with Crippen molar-refractivity contribution in [1.29, 1.82) is 0 Å². The van der Waals surface area contributed by atoms with Crippen LogP contribution in [0.3, 0.4) is 0 Å². The second kappa shape index (κ2) is 8.08. The molecule has 4 rings (SSSR count). The fourth-order valence-corrected chi connectivity index (χ4v) is 4.15. The Bertz CT molecular complexity index is 1160. The van der Waals surface area contributed by atoms with Crippen LogP contribution in [0.25, 0.3) is 11.0 Å². The van der Waals surface area contributed by atoms with Crippen molar-refractivity contribution in [1.82, 2.24) is 14.5 Å². The summed E-state index contributed by atoms with van der Waals surface area (Å²) in [4.78, 5) is 8.83. The first-order valence-corrected chi connectivity index (χ1v) is 10.1. The molecule has 3 nitrogen and oxygen atoms in total. The molecule has 2 aromatic heterocycles. The smallest absolute Gasteiger partial charge is 0.313 e. The van der Waals surface area contributed by atoms with E-state index >= 15 is 0 Å². The molecule has 0 atom stereocenters. The molecule has 148 valence electrons. The van der Waals surface area contributed by atoms with Gasteiger partial charge < -0.3 is 4.57 Å². The number of hydrogen-bond donors (Lipinski definition) is 0. The summed E-state index contributed by atoms with van der Waals surface area (Å²) < 4.78 is 40.9. The number of hydrogen-bond acceptors (Lipinski definition) is 3. The Hall–Kier alpha value is -2.51. The zero-order valence-electron chi connectivity index (χ0n) is 15.0. The molecule has 8 heteroatoms. The van der Waals surface area contributed by atoms with Gasteiger partial charge in [-0.15, -0.1) is 0 Å². The second-order valence-corrected chi connectivity index (χ2v) is 7.77. The molecule has 0 fully saturated rings. The van der Waals surface area contributed by atoms with Crippen LogP contribution < -0.4 is 0 Å². The normalized spacial score (nSPS) is 11.9. The summed E-state index contributed by atoms with van der Waals surface area (Å²) >= 11 is 7.70. The van der Waals surface area contributed by atoms with E-state index in [-0.39, 0.29) is 0 Å². The lowest BCUT2D eigenvalue weighted by molar-refractivity contribution is -0.137. The van der Waals surface area contributed by atoms with E-state index in [0.29, 0.717) is 28.0 Å². The molecule has 0 aliphatic heterocycles. The van der Waals surface area contributed by atoms with Crippen molar-refractivity contribution in [3.05, 3.63) is 88.7 Å². The molecule has 2 heterocycles. The van der Waals surface area contributed by atoms with E-state index in [2.05, 4.69) is 9.97 Å². The number of halogens is 4. The highest BCUT2D eigenvalue weighted by Gasteiger charge is 2.30. The Kier molecular flexibility index (Phi) is 5.52. The highest BCUT2D eigenvalue weighted by Crippen LogP contribution is 2.32. The number of rotatable bonds is 5. The van der Waals surface area contributed by atoms with Crippen LogP contribution in [0.2, 0.25) is 5.02 Å². The van der Waals surface area contributed by atoms with Gasteiger partial charge in [-0.3, -0.25) is 4.98 Å². The number of alkyl halides is 3. The number of imidazole rings is 1. The predicted molar refractivity (Wildman–Crippen MR) is 109 cm³/mol. The summed E-state index contributed by atoms with van der Waals surface area (Å²) in [6.07, 6.45) is -0.965. The van der Waals surface area contributed by atoms with Crippen molar-refractivity contribution >= 4 is 34.4 Å². The maximum absolute atomic E-state index is 13.0. The molecular weight excluding hydrogens is 419 g/mol. The zero-order valence-corrected chi connectivity index (χ0v) is 16.6. The van der Waals surface area contributed by atoms with Crippen molar-refractivity contribution in [3.8, 4) is 0 Å². The van der Waals surface area contributed by atoms with E-state index in [9.17, 15) is 13.2 Å². The number of aromatic nitrogens is 3. The van der Waals surface area contributed by atoms with Gasteiger partial charge in [-0.1, -0.05) is 59.8 Å². The fourth-order valence-electron chi connectivity index (χ4n) is 2.99. The second-order valence-electron chi connectivity index (χ2n) is 6.42. The van der Waals surface area contributed by atoms with E-state index in [4.69, 9.17) is 11.6 Å². The topological polar surface area (TPSA) is 30.7 Å². The largest absolute Gasteiger partial charge is 0.416 e. The van der Waals surface area contributed by atoms with Crippen LogP contribution >= 0.6 is 23.4 Å². The number of fused-ring (bicyclic) bond motifs is 1. The SMILES string of the molecule is FC(F)(F)c1cccc(CSc2nc3ccncc3n2Cc2ccccc2Cl)c1. The van der Waals surface area contributed by atoms with Crippen LogP contribution in [0.1, 0.15) is 16.7 Å². The van der Waals surface area contributed by atoms with Crippen LogP contribution in [0.4, 0.5) is 13.2 Å². The van der Waals surface area contributed by atoms with Gasteiger partial charge in [0.15, 0.2) is 5.16 Å². The fraction of sp³-hybridized carbons (Fsp3) is 0.143. The van der Waals surface area contributed by atoms with Crippen molar-refractivity contribution in [2.45, 2.75) is 23.6 Å². The predicted octanol–water partition coefficient (Wildman–Crippen LogP) is 6.44. The Morgan fingerprint density at radius 3 is 2.66 bits per heavy atom. The third kappa shape index (κ3) is 4.41. The lowest BCUT2D eigenvalue weighted by Crippen LogP contribution is -2.05. The minimum atomic E-state index is -4.36. The molecule has 0 amide bonds. The molecule has 0 saturated heterocycles. The molecule has 0 saturated carbocycles. The Morgan fingerprint density at radius 1 is 1.03 bits per heavy atom. The highest BCUT2D eigenvalue weighted by molar-refractivity contribution is 7.98. The third-order valence-corrected chi connectivity index (χ3v) is 5.84. The van der Waals surface area contributed by atoms with Gasteiger partial charge in [0.25, 0.3) is 0 Å². The van der Waals surface area contributed by atoms with Crippen LogP contribution in [-0.2, 0) is 18.5 Å². The van der Waals surface area contributed by atoms with E-state index in [1.165, 1.54) is 23.9 Å². The lowest BCUT2D eigenvalue weighted by Gasteiger charge is -2.11. The molecule has 0 spiro atoms. The van der Waals surface area contributed by atoms with Crippen LogP contribution in [0.15, 0.2) is 72.1 Å². The first kappa shape index (κ1) is 19.8. The molecule has 0 unspecified atom stereocenters. The molecule has 0 radical (unpaired) electrons. The Labute approximate surface area is 174 Å². The maximum Gasteiger partial charge on any atom is 0.416 e. The number of benzene rings is 2. The van der Waals surface area contributed by atoms with Gasteiger partial charge in [0.1, 0.15) is 0 Å². The van der Waals surface area contributed by atoms with Gasteiger partial charge >= 0.3 is 6.18 Å². The molecule has 0 aliphatic carbocycles. The number of thioether (sulfide) groups is 1. The molecule has 4 aromatic rings. The van der Waals surface area contributed by atoms with Gasteiger partial charge in [0.2, 0.25) is 0 Å². The number of nitrogens with zero attached hydrogens (tertiary/aromatic N) is 3. The van der Waals surface area contributed by atoms with Gasteiger partial charge in [-0.05, 0) is 29.3 Å². The van der Waals surface area contributed by atoms with Crippen LogP contribution in [0, 0.1) is 0 Å². The molecule has 0 bridgehead atoms. The van der Waals surface area contributed by atoms with Crippen molar-refractivity contribution in [3.63, 3.8) is 0 Å². The molecular formula is C21H15ClF3N3S. The van der Waals surface area contributed by atoms with Crippen molar-refractivity contribution < 1.29 is 13.2 Å². The standard InChI is InChI=1S/C21H15ClF3N3S/c22-17-7-2-1-5-15(17)12-28-19-11-26-9-8-18(19)27-20(28)29-13-14-4-3-6-16(10-14)21(23,24)25/h1-11H,12-13H2. The summed E-state index contributed by atoms with van der Waals surface area (Å²) in [5.41, 5.74) is 2.49. The molecule has 29 heavy (non-hydrogen) atoms. The van der Waals surface area contributed by atoms with E-state index < -0.39 is 11.7 Å². The number of pyridine rings is 1. The third-order valence-electron chi connectivity index (χ3n) is 4.42. The minimum Gasteiger partial charge on any atom is -0.313 e. The van der Waals surface area contributed by atoms with Gasteiger partial charge in [-0.2, -0.15) is 13.2 Å². The first-order chi connectivity index (χ1) is 13.9. The van der Waals surface area contributed by atoms with Gasteiger partial charge in [0.05, 0.1) is 29.3 Å². The monoisotopic (exact) mass is 433 g/mol. The summed E-state index contributed by atoms with van der Waals surface area (Å²) in [5.74, 6) is 0.364. The molecule has 0 N–H and O–H groups in total. The van der Waals surface area contributed by atoms with Crippen LogP contribution in [-0.4, -0.2) is 14.5 Å². The molecule has 0 aliphatic rings. The Morgan fingerprint density at radius 2 is 1.86 bits per heavy atom. The first-order valence-electron chi connectivity index (χ1n) is 8.74. The average molecular weight is 434 g/mol. The average Bonchev–Trinajstić information content (AvgIpc) is 3.05. The zero-order chi connectivity index (χ0) is 20.4. The Balaban J connectivity index is 1.65. The van der Waals surface area contributed by atoms with Crippen molar-refractivity contribution in [2.24, 2.45) is 0 Å². The van der Waals surface area contributed by atoms with Crippen molar-refractivity contribution in [2.75, 3.05) is 0 Å². The summed E-state index contributed by atoms with van der Waals surface area (Å²) in [6.45, 7) is 0.493. The lowest BCUT2D eigenvalue weighted by atomic mass is 10.1. The quantitative estimate of drug-likeness (QED) is 0.339. The highest BCUT2D eigenvalue weighted by atomic mass is 35.5.